The molecule has 0 atom stereocenters. The van der Waals surface area contributed by atoms with Crippen LogP contribution in [-0.4, -0.2) is 37.2 Å². The molecule has 0 unspecified atom stereocenters. The Balaban J connectivity index is 1.50. The van der Waals surface area contributed by atoms with Gasteiger partial charge in [-0.1, -0.05) is 0 Å². The number of methoxy groups -OCH3 is 1. The van der Waals surface area contributed by atoms with Gasteiger partial charge in [-0.25, -0.2) is 9.37 Å². The molecular weight excluding hydrogens is 419 g/mol. The van der Waals surface area contributed by atoms with Crippen LogP contribution < -0.4 is 4.74 Å². The molecule has 0 saturated carbocycles. The number of hydrogen-bond acceptors (Lipinski definition) is 5. The topological polar surface area (TPSA) is 92.4 Å². The molecule has 5 aromatic heterocycles. The minimum atomic E-state index is -0.372. The zero-order chi connectivity index (χ0) is 22.4. The molecular formula is C25H17FN6O. The van der Waals surface area contributed by atoms with Crippen molar-refractivity contribution in [2.24, 2.45) is 0 Å². The van der Waals surface area contributed by atoms with Gasteiger partial charge in [0.15, 0.2) is 0 Å². The molecule has 8 heteroatoms. The van der Waals surface area contributed by atoms with Gasteiger partial charge in [-0.3, -0.25) is 15.1 Å². The molecule has 5 heterocycles. The third-order valence-electron chi connectivity index (χ3n) is 5.60. The van der Waals surface area contributed by atoms with Gasteiger partial charge in [0, 0.05) is 41.2 Å². The van der Waals surface area contributed by atoms with E-state index in [1.807, 2.05) is 30.3 Å². The Labute approximate surface area is 187 Å². The smallest absolute Gasteiger partial charge is 0.135 e. The largest absolute Gasteiger partial charge is 0.497 e. The number of pyridine rings is 3. The van der Waals surface area contributed by atoms with Gasteiger partial charge in [0.05, 0.1) is 35.7 Å². The highest BCUT2D eigenvalue weighted by atomic mass is 19.1. The maximum Gasteiger partial charge on any atom is 0.135 e. The summed E-state index contributed by atoms with van der Waals surface area (Å²) >= 11 is 0. The number of ether oxygens (including phenoxy) is 1. The first kappa shape index (κ1) is 19.1. The predicted molar refractivity (Wildman–Crippen MR) is 124 cm³/mol. The van der Waals surface area contributed by atoms with Crippen molar-refractivity contribution in [2.75, 3.05) is 7.11 Å². The predicted octanol–water partition coefficient (Wildman–Crippen LogP) is 5.38. The molecule has 2 N–H and O–H groups in total. The van der Waals surface area contributed by atoms with E-state index in [4.69, 9.17) is 9.72 Å². The fourth-order valence-corrected chi connectivity index (χ4v) is 4.01. The molecule has 0 fully saturated rings. The average molecular weight is 436 g/mol. The Morgan fingerprint density at radius 3 is 2.61 bits per heavy atom. The lowest BCUT2D eigenvalue weighted by atomic mass is 10.0. The second kappa shape index (κ2) is 7.52. The van der Waals surface area contributed by atoms with Gasteiger partial charge in [0.1, 0.15) is 22.8 Å². The van der Waals surface area contributed by atoms with E-state index in [-0.39, 0.29) is 5.82 Å². The Hall–Kier alpha value is -4.59. The van der Waals surface area contributed by atoms with Gasteiger partial charge in [0.25, 0.3) is 0 Å². The number of aromatic nitrogens is 6. The lowest BCUT2D eigenvalue weighted by Crippen LogP contribution is -1.88. The number of aromatic amines is 2. The van der Waals surface area contributed by atoms with Crippen molar-refractivity contribution in [3.8, 4) is 39.5 Å². The van der Waals surface area contributed by atoms with Crippen molar-refractivity contribution in [3.05, 3.63) is 79.1 Å². The summed E-state index contributed by atoms with van der Waals surface area (Å²) in [7, 11) is 1.52. The zero-order valence-electron chi connectivity index (χ0n) is 17.5. The standard InChI is InChI=1S/C25H17FN6O/c1-33-17-9-15(8-16(26)10-17)19-12-28-13-23-18(19)11-22(29-23)25-24-21(31-32-25)3-2-20(30-24)14-4-6-27-7-5-14/h2-13,29H,1H3,(H,31,32). The van der Waals surface area contributed by atoms with E-state index in [1.165, 1.54) is 19.2 Å². The number of halogens is 1. The van der Waals surface area contributed by atoms with Gasteiger partial charge < -0.3 is 9.72 Å². The van der Waals surface area contributed by atoms with Gasteiger partial charge in [0.2, 0.25) is 0 Å². The highest BCUT2D eigenvalue weighted by Gasteiger charge is 2.16. The first-order valence-corrected chi connectivity index (χ1v) is 10.3. The summed E-state index contributed by atoms with van der Waals surface area (Å²) in [6.45, 7) is 0. The van der Waals surface area contributed by atoms with E-state index in [2.05, 4.69) is 25.1 Å². The molecule has 0 radical (unpaired) electrons. The Morgan fingerprint density at radius 2 is 1.76 bits per heavy atom. The van der Waals surface area contributed by atoms with Crippen LogP contribution >= 0.6 is 0 Å². The van der Waals surface area contributed by atoms with Crippen LogP contribution in [0.2, 0.25) is 0 Å². The van der Waals surface area contributed by atoms with Crippen molar-refractivity contribution in [2.45, 2.75) is 0 Å². The molecule has 0 saturated heterocycles. The summed E-state index contributed by atoms with van der Waals surface area (Å²) < 4.78 is 19.4. The molecule has 0 aliphatic rings. The third-order valence-corrected chi connectivity index (χ3v) is 5.60. The molecule has 0 aliphatic heterocycles. The number of hydrogen-bond donors (Lipinski definition) is 2. The summed E-state index contributed by atoms with van der Waals surface area (Å²) in [6.07, 6.45) is 6.94. The number of benzene rings is 1. The third kappa shape index (κ3) is 3.28. The Kier molecular flexibility index (Phi) is 4.36. The van der Waals surface area contributed by atoms with Crippen molar-refractivity contribution in [3.63, 3.8) is 0 Å². The fourth-order valence-electron chi connectivity index (χ4n) is 4.01. The highest BCUT2D eigenvalue weighted by Crippen LogP contribution is 2.35. The summed E-state index contributed by atoms with van der Waals surface area (Å²) in [5.74, 6) is 0.0761. The van der Waals surface area contributed by atoms with Crippen LogP contribution in [0.3, 0.4) is 0 Å². The van der Waals surface area contributed by atoms with Crippen LogP contribution in [0, 0.1) is 5.82 Å². The van der Waals surface area contributed by atoms with Crippen molar-refractivity contribution >= 4 is 21.9 Å². The van der Waals surface area contributed by atoms with Crippen LogP contribution in [0.4, 0.5) is 4.39 Å². The molecule has 33 heavy (non-hydrogen) atoms. The lowest BCUT2D eigenvalue weighted by molar-refractivity contribution is 0.411. The molecule has 0 aliphatic carbocycles. The number of rotatable bonds is 4. The van der Waals surface area contributed by atoms with Crippen LogP contribution in [0.1, 0.15) is 0 Å². The number of H-pyrrole nitrogens is 2. The Morgan fingerprint density at radius 1 is 0.879 bits per heavy atom. The molecule has 160 valence electrons. The van der Waals surface area contributed by atoms with E-state index in [1.54, 1.807) is 30.9 Å². The average Bonchev–Trinajstić information content (AvgIpc) is 3.47. The molecule has 0 amide bonds. The highest BCUT2D eigenvalue weighted by molar-refractivity contribution is 6.00. The van der Waals surface area contributed by atoms with E-state index >= 15 is 0 Å². The van der Waals surface area contributed by atoms with Crippen molar-refractivity contribution in [1.29, 1.82) is 0 Å². The molecule has 6 rings (SSSR count). The van der Waals surface area contributed by atoms with Crippen molar-refractivity contribution in [1.82, 2.24) is 30.1 Å². The van der Waals surface area contributed by atoms with E-state index in [9.17, 15) is 4.39 Å². The minimum absolute atomic E-state index is 0.372. The maximum atomic E-state index is 14.1. The maximum absolute atomic E-state index is 14.1. The van der Waals surface area contributed by atoms with E-state index in [0.717, 1.165) is 44.5 Å². The van der Waals surface area contributed by atoms with Gasteiger partial charge in [-0.15, -0.1) is 0 Å². The number of nitrogens with zero attached hydrogens (tertiary/aromatic N) is 4. The summed E-state index contributed by atoms with van der Waals surface area (Å²) in [6, 6.07) is 14.3. The molecule has 6 aromatic rings. The normalized spacial score (nSPS) is 11.3. The zero-order valence-corrected chi connectivity index (χ0v) is 17.5. The lowest BCUT2D eigenvalue weighted by Gasteiger charge is -2.06. The van der Waals surface area contributed by atoms with Gasteiger partial charge >= 0.3 is 0 Å². The van der Waals surface area contributed by atoms with Gasteiger partial charge in [-0.05, 0) is 48.0 Å². The Bertz CT molecular complexity index is 1620. The SMILES string of the molecule is COc1cc(F)cc(-c2cncc3[nH]c(-c4n[nH]c5ccc(-c6ccncc6)nc45)cc23)c1. The van der Waals surface area contributed by atoms with E-state index in [0.29, 0.717) is 17.0 Å². The molecule has 0 bridgehead atoms. The molecule has 0 spiro atoms. The van der Waals surface area contributed by atoms with Gasteiger partial charge in [-0.2, -0.15) is 5.10 Å². The summed E-state index contributed by atoms with van der Waals surface area (Å²) in [5.41, 5.74) is 7.14. The number of nitrogens with one attached hydrogen (secondary N) is 2. The van der Waals surface area contributed by atoms with Crippen LogP contribution in [0.25, 0.3) is 55.7 Å². The second-order valence-electron chi connectivity index (χ2n) is 7.61. The fraction of sp³-hybridized carbons (Fsp3) is 0.0400. The van der Waals surface area contributed by atoms with Crippen LogP contribution in [0.5, 0.6) is 5.75 Å². The monoisotopic (exact) mass is 436 g/mol. The number of fused-ring (bicyclic) bond motifs is 2. The van der Waals surface area contributed by atoms with Crippen LogP contribution in [0.15, 0.2) is 73.3 Å². The molecule has 1 aromatic carbocycles. The van der Waals surface area contributed by atoms with Crippen molar-refractivity contribution < 1.29 is 9.13 Å². The quantitative estimate of drug-likeness (QED) is 0.387. The summed E-state index contributed by atoms with van der Waals surface area (Å²) in [4.78, 5) is 16.6. The van der Waals surface area contributed by atoms with E-state index < -0.39 is 0 Å². The second-order valence-corrected chi connectivity index (χ2v) is 7.61. The first-order valence-electron chi connectivity index (χ1n) is 10.3. The minimum Gasteiger partial charge on any atom is -0.497 e. The van der Waals surface area contributed by atoms with Crippen LogP contribution in [-0.2, 0) is 0 Å². The summed E-state index contributed by atoms with van der Waals surface area (Å²) in [5, 5.41) is 8.46. The molecule has 7 nitrogen and oxygen atoms in total. The first-order chi connectivity index (χ1) is 16.2.